The van der Waals surface area contributed by atoms with Gasteiger partial charge in [-0.05, 0) is 13.3 Å². The summed E-state index contributed by atoms with van der Waals surface area (Å²) in [5, 5.41) is 8.82. The summed E-state index contributed by atoms with van der Waals surface area (Å²) in [6.45, 7) is 3.71. The van der Waals surface area contributed by atoms with E-state index in [2.05, 4.69) is 0 Å². The molecule has 0 aromatic heterocycles. The Morgan fingerprint density at radius 2 is 2.50 bits per heavy atom. The second-order valence-electron chi connectivity index (χ2n) is 2.98. The summed E-state index contributed by atoms with van der Waals surface area (Å²) in [6, 6.07) is 0. The van der Waals surface area contributed by atoms with Gasteiger partial charge in [-0.1, -0.05) is 0 Å². The number of rotatable bonds is 2. The van der Waals surface area contributed by atoms with E-state index in [-0.39, 0.29) is 18.6 Å². The van der Waals surface area contributed by atoms with Crippen molar-refractivity contribution in [3.8, 4) is 0 Å². The number of amides is 1. The minimum absolute atomic E-state index is 0.163. The third kappa shape index (κ3) is 2.11. The lowest BCUT2D eigenvalue weighted by Crippen LogP contribution is -2.29. The van der Waals surface area contributed by atoms with E-state index >= 15 is 0 Å². The summed E-state index contributed by atoms with van der Waals surface area (Å²) in [7, 11) is 0. The molecule has 0 spiro atoms. The molecular weight excluding hydrogens is 158 g/mol. The van der Waals surface area contributed by atoms with Gasteiger partial charge in [-0.15, -0.1) is 0 Å². The van der Waals surface area contributed by atoms with Gasteiger partial charge in [-0.3, -0.25) is 0 Å². The monoisotopic (exact) mass is 173 g/mol. The Bertz CT molecular complexity index is 160. The van der Waals surface area contributed by atoms with Gasteiger partial charge in [0.1, 0.15) is 0 Å². The SMILES string of the molecule is CCOC(=O)N1CC[C@@H](CO)C1. The van der Waals surface area contributed by atoms with E-state index in [1.54, 1.807) is 11.8 Å². The van der Waals surface area contributed by atoms with Crippen molar-refractivity contribution in [2.45, 2.75) is 13.3 Å². The van der Waals surface area contributed by atoms with E-state index in [4.69, 9.17) is 9.84 Å². The third-order valence-electron chi connectivity index (χ3n) is 2.07. The summed E-state index contributed by atoms with van der Waals surface area (Å²) in [4.78, 5) is 12.8. The Labute approximate surface area is 72.1 Å². The Kier molecular flexibility index (Phi) is 3.34. The molecule has 12 heavy (non-hydrogen) atoms. The molecule has 1 atom stereocenters. The molecule has 0 aliphatic carbocycles. The number of nitrogens with zero attached hydrogens (tertiary/aromatic N) is 1. The second kappa shape index (κ2) is 4.30. The van der Waals surface area contributed by atoms with Crippen LogP contribution in [0.15, 0.2) is 0 Å². The van der Waals surface area contributed by atoms with E-state index < -0.39 is 0 Å². The van der Waals surface area contributed by atoms with Gasteiger partial charge in [-0.25, -0.2) is 4.79 Å². The molecular formula is C8H15NO3. The number of hydrogen-bond donors (Lipinski definition) is 1. The van der Waals surface area contributed by atoms with Crippen molar-refractivity contribution in [1.82, 2.24) is 4.90 Å². The lowest BCUT2D eigenvalue weighted by atomic mass is 10.1. The molecule has 0 aromatic carbocycles. The van der Waals surface area contributed by atoms with Crippen molar-refractivity contribution in [3.63, 3.8) is 0 Å². The van der Waals surface area contributed by atoms with Crippen LogP contribution < -0.4 is 0 Å². The topological polar surface area (TPSA) is 49.8 Å². The summed E-state index contributed by atoms with van der Waals surface area (Å²) in [5.41, 5.74) is 0. The molecule has 1 aliphatic heterocycles. The molecule has 0 radical (unpaired) electrons. The number of aliphatic hydroxyl groups excluding tert-OH is 1. The van der Waals surface area contributed by atoms with E-state index in [1.165, 1.54) is 0 Å². The predicted molar refractivity (Wildman–Crippen MR) is 43.8 cm³/mol. The molecule has 4 heteroatoms. The zero-order chi connectivity index (χ0) is 8.97. The van der Waals surface area contributed by atoms with Gasteiger partial charge in [0, 0.05) is 25.6 Å². The largest absolute Gasteiger partial charge is 0.450 e. The molecule has 1 N–H and O–H groups in total. The first-order valence-corrected chi connectivity index (χ1v) is 4.30. The molecule has 1 aliphatic rings. The van der Waals surface area contributed by atoms with E-state index in [0.29, 0.717) is 19.7 Å². The van der Waals surface area contributed by atoms with Crippen molar-refractivity contribution < 1.29 is 14.6 Å². The molecule has 70 valence electrons. The van der Waals surface area contributed by atoms with Gasteiger partial charge in [-0.2, -0.15) is 0 Å². The van der Waals surface area contributed by atoms with Crippen LogP contribution in [0.4, 0.5) is 4.79 Å². The minimum Gasteiger partial charge on any atom is -0.450 e. The summed E-state index contributed by atoms with van der Waals surface area (Å²) < 4.78 is 4.82. The highest BCUT2D eigenvalue weighted by molar-refractivity contribution is 5.67. The van der Waals surface area contributed by atoms with Gasteiger partial charge in [0.15, 0.2) is 0 Å². The number of carbonyl (C=O) groups excluding carboxylic acids is 1. The fraction of sp³-hybridized carbons (Fsp3) is 0.875. The summed E-state index contributed by atoms with van der Waals surface area (Å²) in [6.07, 6.45) is 0.628. The Morgan fingerprint density at radius 3 is 3.00 bits per heavy atom. The van der Waals surface area contributed by atoms with Gasteiger partial charge in [0.05, 0.1) is 6.61 Å². The number of ether oxygens (including phenoxy) is 1. The maximum Gasteiger partial charge on any atom is 0.409 e. The van der Waals surface area contributed by atoms with Gasteiger partial charge in [0.25, 0.3) is 0 Å². The zero-order valence-corrected chi connectivity index (χ0v) is 7.32. The highest BCUT2D eigenvalue weighted by Crippen LogP contribution is 2.15. The molecule has 0 aromatic rings. The zero-order valence-electron chi connectivity index (χ0n) is 7.32. The number of carbonyl (C=O) groups is 1. The Balaban J connectivity index is 2.31. The van der Waals surface area contributed by atoms with Crippen molar-refractivity contribution in [2.75, 3.05) is 26.3 Å². The first kappa shape index (κ1) is 9.32. The summed E-state index contributed by atoms with van der Waals surface area (Å²) in [5.74, 6) is 0.245. The standard InChI is InChI=1S/C8H15NO3/c1-2-12-8(11)9-4-3-7(5-9)6-10/h7,10H,2-6H2,1H3/t7-/m1/s1. The molecule has 1 rings (SSSR count). The molecule has 1 amide bonds. The Morgan fingerprint density at radius 1 is 1.75 bits per heavy atom. The maximum atomic E-state index is 11.1. The molecule has 0 bridgehead atoms. The molecule has 4 nitrogen and oxygen atoms in total. The first-order chi connectivity index (χ1) is 5.77. The molecule has 0 saturated carbocycles. The van der Waals surface area contributed by atoms with Gasteiger partial charge in [0.2, 0.25) is 0 Å². The maximum absolute atomic E-state index is 11.1. The van der Waals surface area contributed by atoms with Crippen molar-refractivity contribution in [3.05, 3.63) is 0 Å². The highest BCUT2D eigenvalue weighted by atomic mass is 16.6. The third-order valence-corrected chi connectivity index (χ3v) is 2.07. The van der Waals surface area contributed by atoms with Crippen LogP contribution in [0.2, 0.25) is 0 Å². The van der Waals surface area contributed by atoms with E-state index in [0.717, 1.165) is 6.42 Å². The van der Waals surface area contributed by atoms with Crippen LogP contribution in [0, 0.1) is 5.92 Å². The lowest BCUT2D eigenvalue weighted by Gasteiger charge is -2.14. The molecule has 1 fully saturated rings. The van der Waals surface area contributed by atoms with Crippen LogP contribution in [0.1, 0.15) is 13.3 Å². The fourth-order valence-electron chi connectivity index (χ4n) is 1.36. The molecule has 1 saturated heterocycles. The summed E-state index contributed by atoms with van der Waals surface area (Å²) >= 11 is 0. The minimum atomic E-state index is -0.256. The van der Waals surface area contributed by atoms with Crippen molar-refractivity contribution in [1.29, 1.82) is 0 Å². The van der Waals surface area contributed by atoms with Crippen LogP contribution in [0.3, 0.4) is 0 Å². The van der Waals surface area contributed by atoms with E-state index in [1.807, 2.05) is 0 Å². The van der Waals surface area contributed by atoms with Gasteiger partial charge >= 0.3 is 6.09 Å². The van der Waals surface area contributed by atoms with Crippen molar-refractivity contribution in [2.24, 2.45) is 5.92 Å². The van der Waals surface area contributed by atoms with Crippen LogP contribution in [-0.4, -0.2) is 42.4 Å². The number of likely N-dealkylation sites (tertiary alicyclic amines) is 1. The van der Waals surface area contributed by atoms with E-state index in [9.17, 15) is 4.79 Å². The number of aliphatic hydroxyl groups is 1. The lowest BCUT2D eigenvalue weighted by molar-refractivity contribution is 0.112. The quantitative estimate of drug-likeness (QED) is 0.660. The smallest absolute Gasteiger partial charge is 0.409 e. The predicted octanol–water partition coefficient (Wildman–Crippen LogP) is 0.457. The normalized spacial score (nSPS) is 22.8. The average molecular weight is 173 g/mol. The van der Waals surface area contributed by atoms with Gasteiger partial charge < -0.3 is 14.7 Å². The van der Waals surface area contributed by atoms with Crippen LogP contribution in [0.5, 0.6) is 0 Å². The van der Waals surface area contributed by atoms with Crippen LogP contribution in [0.25, 0.3) is 0 Å². The van der Waals surface area contributed by atoms with Crippen molar-refractivity contribution >= 4 is 6.09 Å². The van der Waals surface area contributed by atoms with Crippen LogP contribution >= 0.6 is 0 Å². The first-order valence-electron chi connectivity index (χ1n) is 4.30. The van der Waals surface area contributed by atoms with Crippen LogP contribution in [-0.2, 0) is 4.74 Å². The number of hydrogen-bond acceptors (Lipinski definition) is 3. The molecule has 1 heterocycles. The average Bonchev–Trinajstić information content (AvgIpc) is 2.52. The Hall–Kier alpha value is -0.770. The fourth-order valence-corrected chi connectivity index (χ4v) is 1.36. The highest BCUT2D eigenvalue weighted by Gasteiger charge is 2.26. The molecule has 0 unspecified atom stereocenters. The second-order valence-corrected chi connectivity index (χ2v) is 2.98.